The maximum absolute atomic E-state index is 13.1. The summed E-state index contributed by atoms with van der Waals surface area (Å²) in [6, 6.07) is 0. The molecule has 5 aliphatic rings. The minimum absolute atomic E-state index is 0.348. The van der Waals surface area contributed by atoms with E-state index in [2.05, 4.69) is 29.2 Å². The fourth-order valence-electron chi connectivity index (χ4n) is 7.45. The molecule has 0 amide bonds. The molecule has 10 nitrogen and oxygen atoms in total. The molecule has 0 aromatic heterocycles. The Hall–Kier alpha value is -1.44. The summed E-state index contributed by atoms with van der Waals surface area (Å²) in [6.07, 6.45) is -3.59. The van der Waals surface area contributed by atoms with E-state index in [0.717, 1.165) is 0 Å². The summed E-state index contributed by atoms with van der Waals surface area (Å²) in [4.78, 5) is 50.7. The third kappa shape index (κ3) is 3.85. The van der Waals surface area contributed by atoms with Crippen molar-refractivity contribution < 1.29 is 47.6 Å². The number of rotatable bonds is 3. The predicted octanol–water partition coefficient (Wildman–Crippen LogP) is 2.65. The molecule has 12 atom stereocenters. The van der Waals surface area contributed by atoms with Crippen molar-refractivity contribution >= 4 is 58.1 Å². The lowest BCUT2D eigenvalue weighted by Gasteiger charge is -2.62. The number of ether oxygens (including phenoxy) is 6. The van der Waals surface area contributed by atoms with Crippen LogP contribution in [0.25, 0.3) is 0 Å². The number of carbonyl (C=O) groups excluding carboxylic acids is 4. The standard InChI is InChI=1S/C26H32ClIO10/c1-10-16(27)20-26(11(2)23(32)37-20)22(36-14(5)31)19-24(6,21(35-13(4)30)17(28)18(10)38-26)15(34-12(3)29)7-8-25(19)9-33-25/h11,15-22H,1,7-9H2,2-6H3/t11-,15-,16-,17+,18+,19+,20-,21-,22-,24-,25-,26-/m0/s1. The van der Waals surface area contributed by atoms with Gasteiger partial charge in [-0.1, -0.05) is 36.1 Å². The van der Waals surface area contributed by atoms with Gasteiger partial charge in [-0.05, 0) is 25.3 Å². The van der Waals surface area contributed by atoms with Crippen LogP contribution in [0.5, 0.6) is 0 Å². The molecule has 1 aliphatic carbocycles. The Morgan fingerprint density at radius 1 is 1.08 bits per heavy atom. The molecule has 0 N–H and O–H groups in total. The van der Waals surface area contributed by atoms with E-state index in [1.165, 1.54) is 20.8 Å². The van der Waals surface area contributed by atoms with Crippen molar-refractivity contribution in [2.75, 3.05) is 6.61 Å². The van der Waals surface area contributed by atoms with Crippen LogP contribution >= 0.6 is 34.2 Å². The average Bonchev–Trinajstić information content (AvgIpc) is 3.54. The van der Waals surface area contributed by atoms with Crippen LogP contribution in [0.3, 0.4) is 0 Å². The Labute approximate surface area is 239 Å². The lowest BCUT2D eigenvalue weighted by atomic mass is 9.51. The molecule has 0 radical (unpaired) electrons. The van der Waals surface area contributed by atoms with Crippen molar-refractivity contribution in [3.05, 3.63) is 12.2 Å². The maximum atomic E-state index is 13.1. The van der Waals surface area contributed by atoms with Crippen molar-refractivity contribution in [2.45, 2.75) is 98.5 Å². The summed E-state index contributed by atoms with van der Waals surface area (Å²) < 4.78 is 36.2. The summed E-state index contributed by atoms with van der Waals surface area (Å²) >= 11 is 9.09. The molecule has 0 unspecified atom stereocenters. The van der Waals surface area contributed by atoms with Crippen molar-refractivity contribution in [1.29, 1.82) is 0 Å². The molecule has 5 rings (SSSR count). The van der Waals surface area contributed by atoms with Crippen LogP contribution in [0, 0.1) is 17.3 Å². The lowest BCUT2D eigenvalue weighted by Crippen LogP contribution is -2.76. The first-order chi connectivity index (χ1) is 17.7. The Balaban J connectivity index is 1.82. The zero-order chi connectivity index (χ0) is 27.9. The molecule has 4 heterocycles. The average molecular weight is 667 g/mol. The highest BCUT2D eigenvalue weighted by Crippen LogP contribution is 2.65. The normalized spacial score (nSPS) is 49.1. The molecular weight excluding hydrogens is 635 g/mol. The molecule has 210 valence electrons. The number of esters is 4. The molecule has 38 heavy (non-hydrogen) atoms. The number of hydrogen-bond donors (Lipinski definition) is 0. The summed E-state index contributed by atoms with van der Waals surface area (Å²) in [5.41, 5.74) is -2.96. The van der Waals surface area contributed by atoms with Crippen LogP contribution < -0.4 is 0 Å². The van der Waals surface area contributed by atoms with Crippen LogP contribution in [0.15, 0.2) is 12.2 Å². The number of fused-ring (bicyclic) bond motifs is 3. The number of alkyl halides is 2. The first-order valence-electron chi connectivity index (χ1n) is 12.7. The van der Waals surface area contributed by atoms with E-state index >= 15 is 0 Å². The molecule has 2 bridgehead atoms. The fraction of sp³-hybridized carbons (Fsp3) is 0.769. The van der Waals surface area contributed by atoms with Gasteiger partial charge >= 0.3 is 23.9 Å². The zero-order valence-corrected chi connectivity index (χ0v) is 24.8. The van der Waals surface area contributed by atoms with Crippen molar-refractivity contribution in [3.63, 3.8) is 0 Å². The van der Waals surface area contributed by atoms with E-state index in [-0.39, 0.29) is 0 Å². The van der Waals surface area contributed by atoms with Gasteiger partial charge < -0.3 is 28.4 Å². The minimum atomic E-state index is -1.49. The monoisotopic (exact) mass is 666 g/mol. The van der Waals surface area contributed by atoms with Gasteiger partial charge in [0.05, 0.1) is 38.9 Å². The van der Waals surface area contributed by atoms with Crippen molar-refractivity contribution in [3.8, 4) is 0 Å². The molecular formula is C26H32ClIO10. The van der Waals surface area contributed by atoms with Gasteiger partial charge in [0.15, 0.2) is 11.7 Å². The summed E-state index contributed by atoms with van der Waals surface area (Å²) in [5, 5.41) is -0.857. The summed E-state index contributed by atoms with van der Waals surface area (Å²) in [6.45, 7) is 12.0. The van der Waals surface area contributed by atoms with Gasteiger partial charge in [-0.15, -0.1) is 11.6 Å². The summed E-state index contributed by atoms with van der Waals surface area (Å²) in [5.74, 6) is -3.75. The first-order valence-corrected chi connectivity index (χ1v) is 14.4. The molecule has 1 saturated carbocycles. The molecule has 5 fully saturated rings. The highest BCUT2D eigenvalue weighted by atomic mass is 127. The van der Waals surface area contributed by atoms with E-state index in [9.17, 15) is 19.2 Å². The molecule has 0 aromatic rings. The van der Waals surface area contributed by atoms with Gasteiger partial charge in [0.2, 0.25) is 0 Å². The largest absolute Gasteiger partial charge is 0.462 e. The third-order valence-electron chi connectivity index (χ3n) is 9.14. The topological polar surface area (TPSA) is 127 Å². The molecule has 2 spiro atoms. The van der Waals surface area contributed by atoms with Crippen LogP contribution in [0.1, 0.15) is 47.5 Å². The Bertz CT molecular complexity index is 1090. The number of carbonyl (C=O) groups is 4. The Morgan fingerprint density at radius 2 is 1.66 bits per heavy atom. The number of hydrogen-bond acceptors (Lipinski definition) is 10. The van der Waals surface area contributed by atoms with Gasteiger partial charge in [0, 0.05) is 26.7 Å². The second-order valence-corrected chi connectivity index (χ2v) is 13.2. The van der Waals surface area contributed by atoms with Crippen LogP contribution in [-0.2, 0) is 47.6 Å². The highest BCUT2D eigenvalue weighted by molar-refractivity contribution is 14.1. The van der Waals surface area contributed by atoms with E-state index in [1.54, 1.807) is 6.92 Å². The van der Waals surface area contributed by atoms with E-state index in [1.807, 2.05) is 6.92 Å². The molecule has 4 aliphatic heterocycles. The highest BCUT2D eigenvalue weighted by Gasteiger charge is 2.79. The second-order valence-electron chi connectivity index (χ2n) is 11.3. The van der Waals surface area contributed by atoms with Crippen molar-refractivity contribution in [1.82, 2.24) is 0 Å². The fourth-order valence-corrected chi connectivity index (χ4v) is 9.35. The van der Waals surface area contributed by atoms with Crippen LogP contribution in [0.2, 0.25) is 0 Å². The van der Waals surface area contributed by atoms with Gasteiger partial charge in [-0.2, -0.15) is 0 Å². The quantitative estimate of drug-likeness (QED) is 0.111. The zero-order valence-electron chi connectivity index (χ0n) is 21.9. The first kappa shape index (κ1) is 28.1. The van der Waals surface area contributed by atoms with E-state index < -0.39 is 92.2 Å². The van der Waals surface area contributed by atoms with E-state index in [4.69, 9.17) is 40.0 Å². The third-order valence-corrected chi connectivity index (χ3v) is 11.0. The van der Waals surface area contributed by atoms with Crippen LogP contribution in [-0.4, -0.2) is 81.5 Å². The van der Waals surface area contributed by atoms with E-state index in [0.29, 0.717) is 25.0 Å². The molecule has 4 saturated heterocycles. The SMILES string of the molecule is C=C1[C@H]2O[C@]3([C@@H](C)C(=O)O[C@H]3[C@H]1Cl)[C@@H](OC(C)=O)[C@H]1[C@]3(CC[C@H](OC(C)=O)[C@]1(C)[C@@H](OC(C)=O)[C@@H]2I)CO3. The lowest BCUT2D eigenvalue weighted by molar-refractivity contribution is -0.284. The number of halogens is 2. The Kier molecular flexibility index (Phi) is 6.88. The number of epoxide rings is 1. The molecule has 12 heteroatoms. The summed E-state index contributed by atoms with van der Waals surface area (Å²) in [7, 11) is 0. The Morgan fingerprint density at radius 3 is 2.21 bits per heavy atom. The van der Waals surface area contributed by atoms with Gasteiger partial charge in [0.25, 0.3) is 0 Å². The van der Waals surface area contributed by atoms with Crippen LogP contribution in [0.4, 0.5) is 0 Å². The van der Waals surface area contributed by atoms with Gasteiger partial charge in [0.1, 0.15) is 18.3 Å². The van der Waals surface area contributed by atoms with Gasteiger partial charge in [-0.25, -0.2) is 0 Å². The smallest absolute Gasteiger partial charge is 0.312 e. The molecule has 0 aromatic carbocycles. The predicted molar refractivity (Wildman–Crippen MR) is 139 cm³/mol. The second kappa shape index (κ2) is 9.31. The van der Waals surface area contributed by atoms with Gasteiger partial charge in [-0.3, -0.25) is 19.2 Å². The van der Waals surface area contributed by atoms with Crippen molar-refractivity contribution in [2.24, 2.45) is 17.3 Å². The maximum Gasteiger partial charge on any atom is 0.312 e. The minimum Gasteiger partial charge on any atom is -0.462 e.